The number of nitrogens with two attached hydrogens (primary N) is 1. The Morgan fingerprint density at radius 3 is 2.76 bits per heavy atom. The Hall–Kier alpha value is -1.72. The zero-order valence-electron chi connectivity index (χ0n) is 8.38. The molecule has 90 valence electrons. The fourth-order valence-corrected chi connectivity index (χ4v) is 1.76. The van der Waals surface area contributed by atoms with Gasteiger partial charge in [-0.05, 0) is 12.1 Å². The van der Waals surface area contributed by atoms with Crippen LogP contribution in [0.15, 0.2) is 29.2 Å². The lowest BCUT2D eigenvalue weighted by Crippen LogP contribution is -2.25. The lowest BCUT2D eigenvalue weighted by molar-refractivity contribution is -0.576. The first-order valence-electron chi connectivity index (χ1n) is 4.35. The van der Waals surface area contributed by atoms with E-state index in [1.807, 2.05) is 0 Å². The minimum Gasteiger partial charge on any atom is -0.618 e. The summed E-state index contributed by atoms with van der Waals surface area (Å²) in [7, 11) is 0. The number of nitrogen functional groups attached to an aromatic ring is 1. The Morgan fingerprint density at radius 2 is 2.12 bits per heavy atom. The first-order valence-corrected chi connectivity index (χ1v) is 4.73. The molecule has 0 aliphatic heterocycles. The van der Waals surface area contributed by atoms with Crippen LogP contribution in [0.3, 0.4) is 0 Å². The van der Waals surface area contributed by atoms with Gasteiger partial charge in [-0.25, -0.2) is 0 Å². The molecule has 1 aromatic heterocycles. The number of rotatable bonds is 0. The molecule has 2 aromatic rings. The molecule has 2 rings (SSSR count). The Morgan fingerprint density at radius 1 is 1.47 bits per heavy atom. The van der Waals surface area contributed by atoms with Gasteiger partial charge < -0.3 is 16.0 Å². The third-order valence-electron chi connectivity index (χ3n) is 2.19. The van der Waals surface area contributed by atoms with Crippen molar-refractivity contribution in [3.05, 3.63) is 44.8 Å². The number of nitrogens with zero attached hydrogens (tertiary/aromatic N) is 1. The van der Waals surface area contributed by atoms with Crippen molar-refractivity contribution in [3.8, 4) is 5.75 Å². The van der Waals surface area contributed by atoms with Crippen molar-refractivity contribution < 1.29 is 9.84 Å². The number of fused-ring (bicyclic) bond motifs is 1. The highest BCUT2D eigenvalue weighted by Crippen LogP contribution is 2.31. The van der Waals surface area contributed by atoms with E-state index in [0.29, 0.717) is 4.73 Å². The zero-order valence-corrected chi connectivity index (χ0v) is 9.96. The number of hydrogen-bond donors (Lipinski definition) is 2. The molecule has 1 heterocycles. The smallest absolute Gasteiger partial charge is 0.250 e. The van der Waals surface area contributed by atoms with Crippen LogP contribution in [0.5, 0.6) is 5.75 Å². The predicted molar refractivity (Wildman–Crippen MR) is 67.5 cm³/mol. The molecule has 0 radical (unpaired) electrons. The quantitative estimate of drug-likeness (QED) is 0.327. The fraction of sp³-hybridized carbons (Fsp3) is 0. The predicted octanol–water partition coefficient (Wildman–Crippen LogP) is 1.20. The van der Waals surface area contributed by atoms with E-state index < -0.39 is 11.2 Å². The number of halogens is 2. The Labute approximate surface area is 107 Å². The van der Waals surface area contributed by atoms with Crippen molar-refractivity contribution in [1.29, 1.82) is 0 Å². The second-order valence-corrected chi connectivity index (χ2v) is 3.63. The number of aromatic hydroxyl groups is 1. The van der Waals surface area contributed by atoms with Crippen molar-refractivity contribution in [2.75, 3.05) is 5.73 Å². The molecule has 0 fully saturated rings. The summed E-state index contributed by atoms with van der Waals surface area (Å²) >= 11 is 5.82. The van der Waals surface area contributed by atoms with Crippen molar-refractivity contribution in [1.82, 2.24) is 0 Å². The molecule has 0 aliphatic rings. The standard InChI is InChI=1S/C10H7ClN2O3.ClH/c11-5-4-6(12)10(15)8-7(14)2-1-3-13(16)9(5)8;/h1-4,15H,12H2;1H. The van der Waals surface area contributed by atoms with Gasteiger partial charge in [0, 0.05) is 6.07 Å². The van der Waals surface area contributed by atoms with Gasteiger partial charge in [-0.1, -0.05) is 11.6 Å². The van der Waals surface area contributed by atoms with Gasteiger partial charge in [-0.2, -0.15) is 4.73 Å². The molecule has 0 saturated carbocycles. The van der Waals surface area contributed by atoms with E-state index in [1.165, 1.54) is 12.1 Å². The molecule has 0 unspecified atom stereocenters. The topological polar surface area (TPSA) is 90.3 Å². The maximum Gasteiger partial charge on any atom is 0.250 e. The van der Waals surface area contributed by atoms with Crippen molar-refractivity contribution >= 4 is 40.6 Å². The summed E-state index contributed by atoms with van der Waals surface area (Å²) in [5.74, 6) is -0.426. The van der Waals surface area contributed by atoms with Gasteiger partial charge in [0.05, 0.1) is 5.69 Å². The maximum absolute atomic E-state index is 11.6. The Balaban J connectivity index is 0.00000144. The van der Waals surface area contributed by atoms with Crippen LogP contribution in [-0.2, 0) is 0 Å². The minimum absolute atomic E-state index is 0. The maximum atomic E-state index is 11.6. The third kappa shape index (κ3) is 2.07. The Bertz CT molecular complexity index is 646. The SMILES string of the molecule is Cl.Nc1cc(Cl)c2c(c1O)c(=O)ccc[n+]2[O-]. The number of phenolic OH excluding ortho intramolecular Hbond substituents is 1. The fourth-order valence-electron chi connectivity index (χ4n) is 1.46. The summed E-state index contributed by atoms with van der Waals surface area (Å²) < 4.78 is 0.415. The van der Waals surface area contributed by atoms with Gasteiger partial charge in [0.15, 0.2) is 17.4 Å². The van der Waals surface area contributed by atoms with Crippen molar-refractivity contribution in [2.45, 2.75) is 0 Å². The molecule has 1 aromatic carbocycles. The summed E-state index contributed by atoms with van der Waals surface area (Å²) in [4.78, 5) is 11.6. The second-order valence-electron chi connectivity index (χ2n) is 3.22. The van der Waals surface area contributed by atoms with E-state index >= 15 is 0 Å². The number of aromatic nitrogens is 1. The molecule has 7 heteroatoms. The van der Waals surface area contributed by atoms with Gasteiger partial charge in [-0.3, -0.25) is 4.79 Å². The number of hydrogen-bond acceptors (Lipinski definition) is 4. The van der Waals surface area contributed by atoms with Crippen molar-refractivity contribution in [3.63, 3.8) is 0 Å². The zero-order chi connectivity index (χ0) is 11.9. The second kappa shape index (κ2) is 4.65. The van der Waals surface area contributed by atoms with Gasteiger partial charge in [0.25, 0.3) is 0 Å². The lowest BCUT2D eigenvalue weighted by Gasteiger charge is -2.03. The van der Waals surface area contributed by atoms with Gasteiger partial charge in [-0.15, -0.1) is 12.4 Å². The van der Waals surface area contributed by atoms with E-state index in [2.05, 4.69) is 0 Å². The normalized spacial score (nSPS) is 9.94. The molecule has 5 nitrogen and oxygen atoms in total. The number of phenols is 1. The van der Waals surface area contributed by atoms with E-state index in [9.17, 15) is 15.1 Å². The highest BCUT2D eigenvalue weighted by molar-refractivity contribution is 6.35. The van der Waals surface area contributed by atoms with E-state index in [0.717, 1.165) is 12.3 Å². The lowest BCUT2D eigenvalue weighted by atomic mass is 10.2. The Kier molecular flexibility index (Phi) is 3.65. The monoisotopic (exact) mass is 274 g/mol. The van der Waals surface area contributed by atoms with Gasteiger partial charge in [0.2, 0.25) is 5.52 Å². The van der Waals surface area contributed by atoms with Crippen LogP contribution < -0.4 is 15.9 Å². The highest BCUT2D eigenvalue weighted by atomic mass is 35.5. The van der Waals surface area contributed by atoms with Crippen LogP contribution in [0.25, 0.3) is 10.9 Å². The van der Waals surface area contributed by atoms with E-state index in [1.54, 1.807) is 0 Å². The van der Waals surface area contributed by atoms with Gasteiger partial charge in [0.1, 0.15) is 10.4 Å². The third-order valence-corrected chi connectivity index (χ3v) is 2.48. The molecule has 0 atom stereocenters. The summed E-state index contributed by atoms with van der Waals surface area (Å²) in [6, 6.07) is 3.67. The van der Waals surface area contributed by atoms with Gasteiger partial charge >= 0.3 is 0 Å². The van der Waals surface area contributed by atoms with E-state index in [4.69, 9.17) is 17.3 Å². The summed E-state index contributed by atoms with van der Waals surface area (Å²) in [6.07, 6.45) is 1.13. The molecule has 0 amide bonds. The largest absolute Gasteiger partial charge is 0.618 e. The first-order chi connectivity index (χ1) is 7.52. The number of anilines is 1. The van der Waals surface area contributed by atoms with Crippen LogP contribution >= 0.6 is 24.0 Å². The van der Waals surface area contributed by atoms with Crippen LogP contribution in [0.4, 0.5) is 5.69 Å². The molecular formula is C10H8Cl2N2O3. The highest BCUT2D eigenvalue weighted by Gasteiger charge is 2.17. The van der Waals surface area contributed by atoms with Crippen LogP contribution in [-0.4, -0.2) is 5.11 Å². The summed E-state index contributed by atoms with van der Waals surface area (Å²) in [6.45, 7) is 0. The summed E-state index contributed by atoms with van der Waals surface area (Å²) in [5, 5.41) is 21.1. The molecule has 0 saturated heterocycles. The minimum atomic E-state index is -0.517. The average Bonchev–Trinajstić information content (AvgIpc) is 2.35. The molecule has 0 spiro atoms. The van der Waals surface area contributed by atoms with Crippen molar-refractivity contribution in [2.24, 2.45) is 0 Å². The molecule has 0 bridgehead atoms. The molecular weight excluding hydrogens is 267 g/mol. The first kappa shape index (κ1) is 13.3. The average molecular weight is 275 g/mol. The molecule has 0 aliphatic carbocycles. The summed E-state index contributed by atoms with van der Waals surface area (Å²) in [5.41, 5.74) is 4.81. The van der Waals surface area contributed by atoms with Crippen LogP contribution in [0.2, 0.25) is 5.02 Å². The van der Waals surface area contributed by atoms with Crippen LogP contribution in [0.1, 0.15) is 0 Å². The van der Waals surface area contributed by atoms with E-state index in [-0.39, 0.29) is 34.0 Å². The number of benzene rings is 1. The van der Waals surface area contributed by atoms with Crippen LogP contribution in [0, 0.1) is 5.21 Å². The molecule has 17 heavy (non-hydrogen) atoms. The molecule has 3 N–H and O–H groups in total.